The molecule has 1 fully saturated rings. The summed E-state index contributed by atoms with van der Waals surface area (Å²) >= 11 is 0. The lowest BCUT2D eigenvalue weighted by Crippen LogP contribution is -2.26. The molecule has 1 saturated heterocycles. The summed E-state index contributed by atoms with van der Waals surface area (Å²) in [5.74, 6) is 0.843. The molecule has 3 heteroatoms. The molecule has 0 aliphatic carbocycles. The zero-order chi connectivity index (χ0) is 12.7. The molecule has 0 aromatic rings. The topological polar surface area (TPSA) is 39.1 Å². The summed E-state index contributed by atoms with van der Waals surface area (Å²) in [6, 6.07) is 2.36. The summed E-state index contributed by atoms with van der Waals surface area (Å²) in [4.78, 5) is 2.40. The van der Waals surface area contributed by atoms with Crippen molar-refractivity contribution in [2.75, 3.05) is 33.2 Å². The maximum absolute atomic E-state index is 8.89. The number of rotatable bonds is 7. The standard InChI is InChI=1S/C14H27N3/c1-14(2,12-15)7-4-5-8-16-10-13-6-9-17(3)11-13/h13,16H,4-11H2,1-3H3. The van der Waals surface area contributed by atoms with Crippen LogP contribution in [0.15, 0.2) is 0 Å². The molecule has 1 rings (SSSR count). The van der Waals surface area contributed by atoms with Crippen molar-refractivity contribution in [1.82, 2.24) is 10.2 Å². The number of hydrogen-bond acceptors (Lipinski definition) is 3. The van der Waals surface area contributed by atoms with E-state index in [1.807, 2.05) is 13.8 Å². The van der Waals surface area contributed by atoms with Gasteiger partial charge in [-0.3, -0.25) is 0 Å². The van der Waals surface area contributed by atoms with Crippen molar-refractivity contribution in [2.45, 2.75) is 39.5 Å². The van der Waals surface area contributed by atoms with Crippen molar-refractivity contribution in [3.63, 3.8) is 0 Å². The maximum Gasteiger partial charge on any atom is 0.0683 e. The van der Waals surface area contributed by atoms with Crippen LogP contribution in [-0.2, 0) is 0 Å². The highest BCUT2D eigenvalue weighted by Crippen LogP contribution is 2.21. The molecule has 17 heavy (non-hydrogen) atoms. The van der Waals surface area contributed by atoms with E-state index in [0.29, 0.717) is 0 Å². The van der Waals surface area contributed by atoms with E-state index >= 15 is 0 Å². The predicted molar refractivity (Wildman–Crippen MR) is 71.7 cm³/mol. The first-order valence-electron chi connectivity index (χ1n) is 6.84. The molecule has 0 amide bonds. The highest BCUT2D eigenvalue weighted by Gasteiger charge is 2.18. The first-order valence-corrected chi connectivity index (χ1v) is 6.84. The minimum atomic E-state index is -0.145. The van der Waals surface area contributed by atoms with Gasteiger partial charge in [-0.25, -0.2) is 0 Å². The molecule has 1 aliphatic heterocycles. The molecule has 0 aromatic heterocycles. The van der Waals surface area contributed by atoms with E-state index in [1.54, 1.807) is 0 Å². The van der Waals surface area contributed by atoms with Crippen LogP contribution in [0.5, 0.6) is 0 Å². The van der Waals surface area contributed by atoms with Gasteiger partial charge in [0.05, 0.1) is 11.5 Å². The van der Waals surface area contributed by atoms with Crippen LogP contribution in [0.1, 0.15) is 39.5 Å². The van der Waals surface area contributed by atoms with Crippen molar-refractivity contribution in [2.24, 2.45) is 11.3 Å². The summed E-state index contributed by atoms with van der Waals surface area (Å²) in [6.45, 7) is 8.80. The summed E-state index contributed by atoms with van der Waals surface area (Å²) < 4.78 is 0. The summed E-state index contributed by atoms with van der Waals surface area (Å²) in [6.07, 6.45) is 4.69. The molecule has 0 saturated carbocycles. The molecule has 1 unspecified atom stereocenters. The fourth-order valence-corrected chi connectivity index (χ4v) is 2.37. The van der Waals surface area contributed by atoms with E-state index in [2.05, 4.69) is 23.3 Å². The molecular formula is C14H27N3. The molecule has 1 N–H and O–H groups in total. The lowest BCUT2D eigenvalue weighted by atomic mass is 9.89. The first-order chi connectivity index (χ1) is 8.03. The van der Waals surface area contributed by atoms with Gasteiger partial charge in [0, 0.05) is 6.54 Å². The normalized spacial score (nSPS) is 21.6. The van der Waals surface area contributed by atoms with E-state index in [1.165, 1.54) is 25.9 Å². The molecule has 3 nitrogen and oxygen atoms in total. The third-order valence-corrected chi connectivity index (χ3v) is 3.63. The number of hydrogen-bond donors (Lipinski definition) is 1. The van der Waals surface area contributed by atoms with Crippen LogP contribution < -0.4 is 5.32 Å². The second-order valence-electron chi connectivity index (χ2n) is 6.07. The van der Waals surface area contributed by atoms with E-state index in [0.717, 1.165) is 31.8 Å². The first kappa shape index (κ1) is 14.5. The lowest BCUT2D eigenvalue weighted by molar-refractivity contribution is 0.384. The second-order valence-corrected chi connectivity index (χ2v) is 6.07. The molecule has 0 aromatic carbocycles. The predicted octanol–water partition coefficient (Wildman–Crippen LogP) is 2.25. The maximum atomic E-state index is 8.89. The van der Waals surface area contributed by atoms with Gasteiger partial charge in [0.2, 0.25) is 0 Å². The second kappa shape index (κ2) is 6.98. The molecule has 98 valence electrons. The van der Waals surface area contributed by atoms with E-state index < -0.39 is 0 Å². The van der Waals surface area contributed by atoms with Crippen LogP contribution in [0.3, 0.4) is 0 Å². The third-order valence-electron chi connectivity index (χ3n) is 3.63. The molecule has 0 spiro atoms. The van der Waals surface area contributed by atoms with Crippen molar-refractivity contribution in [3.8, 4) is 6.07 Å². The number of unbranched alkanes of at least 4 members (excludes halogenated alkanes) is 1. The Balaban J connectivity index is 1.93. The summed E-state index contributed by atoms with van der Waals surface area (Å²) in [5.41, 5.74) is -0.145. The number of nitrogens with zero attached hydrogens (tertiary/aromatic N) is 2. The molecule has 0 bridgehead atoms. The van der Waals surface area contributed by atoms with Crippen molar-refractivity contribution >= 4 is 0 Å². The fourth-order valence-electron chi connectivity index (χ4n) is 2.37. The van der Waals surface area contributed by atoms with E-state index in [9.17, 15) is 0 Å². The van der Waals surface area contributed by atoms with Gasteiger partial charge in [0.1, 0.15) is 0 Å². The smallest absolute Gasteiger partial charge is 0.0683 e. The minimum absolute atomic E-state index is 0.145. The third kappa shape index (κ3) is 6.05. The van der Waals surface area contributed by atoms with Crippen LogP contribution in [0.2, 0.25) is 0 Å². The minimum Gasteiger partial charge on any atom is -0.316 e. The van der Waals surface area contributed by atoms with Gasteiger partial charge >= 0.3 is 0 Å². The van der Waals surface area contributed by atoms with E-state index in [4.69, 9.17) is 5.26 Å². The van der Waals surface area contributed by atoms with Gasteiger partial charge in [0.15, 0.2) is 0 Å². The van der Waals surface area contributed by atoms with Gasteiger partial charge in [-0.15, -0.1) is 0 Å². The zero-order valence-electron chi connectivity index (χ0n) is 11.6. The number of nitriles is 1. The summed E-state index contributed by atoms with van der Waals surface area (Å²) in [5, 5.41) is 12.4. The highest BCUT2D eigenvalue weighted by atomic mass is 15.1. The molecule has 1 aliphatic rings. The Hall–Kier alpha value is -0.590. The summed E-state index contributed by atoms with van der Waals surface area (Å²) in [7, 11) is 2.20. The number of likely N-dealkylation sites (tertiary alicyclic amines) is 1. The largest absolute Gasteiger partial charge is 0.316 e. The van der Waals surface area contributed by atoms with Crippen LogP contribution in [-0.4, -0.2) is 38.1 Å². The highest BCUT2D eigenvalue weighted by molar-refractivity contribution is 4.91. The average Bonchev–Trinajstić information content (AvgIpc) is 2.69. The monoisotopic (exact) mass is 237 g/mol. The molecular weight excluding hydrogens is 210 g/mol. The zero-order valence-corrected chi connectivity index (χ0v) is 11.6. The van der Waals surface area contributed by atoms with Crippen LogP contribution in [0.4, 0.5) is 0 Å². The van der Waals surface area contributed by atoms with Gasteiger partial charge < -0.3 is 10.2 Å². The van der Waals surface area contributed by atoms with Crippen molar-refractivity contribution in [1.29, 1.82) is 5.26 Å². The molecule has 0 radical (unpaired) electrons. The Kier molecular flexibility index (Phi) is 5.94. The molecule has 1 atom stereocenters. The van der Waals surface area contributed by atoms with E-state index in [-0.39, 0.29) is 5.41 Å². The fraction of sp³-hybridized carbons (Fsp3) is 0.929. The number of nitrogens with one attached hydrogen (secondary N) is 1. The Morgan fingerprint density at radius 2 is 2.18 bits per heavy atom. The van der Waals surface area contributed by atoms with Crippen LogP contribution >= 0.6 is 0 Å². The Morgan fingerprint density at radius 3 is 2.76 bits per heavy atom. The van der Waals surface area contributed by atoms with Gasteiger partial charge in [-0.1, -0.05) is 6.42 Å². The Labute approximate surface area is 106 Å². The van der Waals surface area contributed by atoms with Crippen molar-refractivity contribution in [3.05, 3.63) is 0 Å². The average molecular weight is 237 g/mol. The SMILES string of the molecule is CN1CCC(CNCCCCC(C)(C)C#N)C1. The van der Waals surface area contributed by atoms with Crippen LogP contribution in [0, 0.1) is 22.7 Å². The van der Waals surface area contributed by atoms with Gasteiger partial charge in [-0.05, 0) is 65.7 Å². The van der Waals surface area contributed by atoms with Crippen LogP contribution in [0.25, 0.3) is 0 Å². The van der Waals surface area contributed by atoms with Gasteiger partial charge in [-0.2, -0.15) is 5.26 Å². The lowest BCUT2D eigenvalue weighted by Gasteiger charge is -2.15. The Morgan fingerprint density at radius 1 is 1.41 bits per heavy atom. The molecule has 1 heterocycles. The Bertz CT molecular complexity index is 255. The van der Waals surface area contributed by atoms with Crippen molar-refractivity contribution < 1.29 is 0 Å². The van der Waals surface area contributed by atoms with Gasteiger partial charge in [0.25, 0.3) is 0 Å². The quantitative estimate of drug-likeness (QED) is 0.690.